The van der Waals surface area contributed by atoms with Gasteiger partial charge in [0, 0.05) is 23.2 Å². The van der Waals surface area contributed by atoms with Gasteiger partial charge in [-0.1, -0.05) is 42.8 Å². The lowest BCUT2D eigenvalue weighted by atomic mass is 9.93. The van der Waals surface area contributed by atoms with Crippen LogP contribution < -0.4 is 0 Å². The molecule has 1 fully saturated rings. The van der Waals surface area contributed by atoms with Crippen LogP contribution in [0.1, 0.15) is 50.1 Å². The molecule has 1 aromatic heterocycles. The molecule has 0 radical (unpaired) electrons. The number of allylic oxidation sites excluding steroid dienone is 4. The third kappa shape index (κ3) is 7.87. The molecule has 0 bridgehead atoms. The lowest BCUT2D eigenvalue weighted by Crippen LogP contribution is -2.34. The van der Waals surface area contributed by atoms with Crippen LogP contribution in [0.25, 0.3) is 11.0 Å². The molecule has 0 amide bonds. The van der Waals surface area contributed by atoms with Crippen LogP contribution in [0.5, 0.6) is 0 Å². The molecular formula is C32H40ClFN4O. The topological polar surface area (TPSA) is 42.7 Å². The van der Waals surface area contributed by atoms with Gasteiger partial charge in [-0.15, -0.1) is 0 Å². The quantitative estimate of drug-likeness (QED) is 0.173. The summed E-state index contributed by atoms with van der Waals surface area (Å²) in [6, 6.07) is 11.3. The van der Waals surface area contributed by atoms with E-state index in [1.165, 1.54) is 17.1 Å². The maximum Gasteiger partial charge on any atom is 0.128 e. The van der Waals surface area contributed by atoms with Gasteiger partial charge in [-0.25, -0.2) is 9.37 Å². The number of hydrogen-bond acceptors (Lipinski definition) is 4. The van der Waals surface area contributed by atoms with Gasteiger partial charge in [0.15, 0.2) is 0 Å². The van der Waals surface area contributed by atoms with E-state index in [-0.39, 0.29) is 11.9 Å². The van der Waals surface area contributed by atoms with Crippen molar-refractivity contribution < 1.29 is 9.13 Å². The first-order valence-electron chi connectivity index (χ1n) is 13.9. The fourth-order valence-electron chi connectivity index (χ4n) is 5.20. The Hall–Kier alpha value is -2.80. The number of benzene rings is 2. The van der Waals surface area contributed by atoms with E-state index in [1.807, 2.05) is 18.2 Å². The smallest absolute Gasteiger partial charge is 0.128 e. The second kappa shape index (κ2) is 14.0. The van der Waals surface area contributed by atoms with Gasteiger partial charge in [-0.3, -0.25) is 9.89 Å². The molecule has 0 aliphatic carbocycles. The molecule has 3 aromatic rings. The normalized spacial score (nSPS) is 16.4. The number of piperidine rings is 1. The van der Waals surface area contributed by atoms with Gasteiger partial charge in [0.1, 0.15) is 11.6 Å². The highest BCUT2D eigenvalue weighted by Crippen LogP contribution is 2.27. The zero-order valence-corrected chi connectivity index (χ0v) is 24.1. The molecule has 1 saturated heterocycles. The molecule has 5 nitrogen and oxygen atoms in total. The third-order valence-electron chi connectivity index (χ3n) is 7.34. The molecule has 0 spiro atoms. The maximum atomic E-state index is 14.0. The Labute approximate surface area is 237 Å². The van der Waals surface area contributed by atoms with Crippen molar-refractivity contribution in [2.75, 3.05) is 19.7 Å². The van der Waals surface area contributed by atoms with Crippen molar-refractivity contribution in [1.29, 1.82) is 0 Å². The van der Waals surface area contributed by atoms with Crippen molar-refractivity contribution in [2.45, 2.75) is 65.6 Å². The summed E-state index contributed by atoms with van der Waals surface area (Å²) in [4.78, 5) is 11.8. The van der Waals surface area contributed by atoms with Gasteiger partial charge in [0.05, 0.1) is 30.2 Å². The molecule has 2 heterocycles. The highest BCUT2D eigenvalue weighted by molar-refractivity contribution is 6.30. The van der Waals surface area contributed by atoms with E-state index < -0.39 is 0 Å². The van der Waals surface area contributed by atoms with Gasteiger partial charge in [0.25, 0.3) is 0 Å². The molecule has 208 valence electrons. The zero-order chi connectivity index (χ0) is 27.8. The Morgan fingerprint density at radius 1 is 1.26 bits per heavy atom. The minimum Gasteiger partial charge on any atom is -0.377 e. The molecule has 7 heteroatoms. The SMILES string of the molecule is C=N/C(=C\C=C/Cc1ccc(Cl)cc1F)C1CCN(Cc2nc3cc(C)ccc3n2CC(C)OCCC)CC1. The number of aryl methyl sites for hydroxylation is 1. The van der Waals surface area contributed by atoms with Crippen LogP contribution in [0, 0.1) is 18.7 Å². The number of hydrogen-bond donors (Lipinski definition) is 0. The molecular weight excluding hydrogens is 511 g/mol. The molecule has 39 heavy (non-hydrogen) atoms. The number of rotatable bonds is 12. The lowest BCUT2D eigenvalue weighted by Gasteiger charge is -2.32. The summed E-state index contributed by atoms with van der Waals surface area (Å²) in [7, 11) is 0. The Balaban J connectivity index is 1.38. The van der Waals surface area contributed by atoms with Gasteiger partial charge in [0.2, 0.25) is 0 Å². The van der Waals surface area contributed by atoms with Crippen LogP contribution in [0.2, 0.25) is 5.02 Å². The van der Waals surface area contributed by atoms with E-state index in [0.29, 0.717) is 22.9 Å². The van der Waals surface area contributed by atoms with Crippen molar-refractivity contribution >= 4 is 29.4 Å². The van der Waals surface area contributed by atoms with Crippen molar-refractivity contribution in [1.82, 2.24) is 14.5 Å². The summed E-state index contributed by atoms with van der Waals surface area (Å²) in [5.74, 6) is 1.17. The highest BCUT2D eigenvalue weighted by Gasteiger charge is 2.24. The summed E-state index contributed by atoms with van der Waals surface area (Å²) < 4.78 is 22.4. The second-order valence-corrected chi connectivity index (χ2v) is 10.9. The Morgan fingerprint density at radius 3 is 2.77 bits per heavy atom. The van der Waals surface area contributed by atoms with Crippen LogP contribution in [0.4, 0.5) is 4.39 Å². The maximum absolute atomic E-state index is 14.0. The van der Waals surface area contributed by atoms with E-state index in [2.05, 4.69) is 60.1 Å². The van der Waals surface area contributed by atoms with Crippen LogP contribution in [0.3, 0.4) is 0 Å². The lowest BCUT2D eigenvalue weighted by molar-refractivity contribution is 0.0543. The van der Waals surface area contributed by atoms with Crippen molar-refractivity contribution in [3.63, 3.8) is 0 Å². The van der Waals surface area contributed by atoms with Crippen molar-refractivity contribution in [3.8, 4) is 0 Å². The predicted octanol–water partition coefficient (Wildman–Crippen LogP) is 7.55. The summed E-state index contributed by atoms with van der Waals surface area (Å²) in [5.41, 5.74) is 5.06. The number of fused-ring (bicyclic) bond motifs is 1. The number of imidazole rings is 1. The fourth-order valence-corrected chi connectivity index (χ4v) is 5.36. The Bertz CT molecular complexity index is 1320. The first kappa shape index (κ1) is 29.2. The monoisotopic (exact) mass is 550 g/mol. The van der Waals surface area contributed by atoms with Crippen LogP contribution in [0.15, 0.2) is 65.3 Å². The average molecular weight is 551 g/mol. The molecule has 4 rings (SSSR count). The number of ether oxygens (including phenoxy) is 1. The minimum atomic E-state index is -0.280. The number of aromatic nitrogens is 2. The third-order valence-corrected chi connectivity index (χ3v) is 7.57. The first-order valence-corrected chi connectivity index (χ1v) is 14.3. The fraction of sp³-hybridized carbons (Fsp3) is 0.438. The number of likely N-dealkylation sites (tertiary alicyclic amines) is 1. The van der Waals surface area contributed by atoms with Gasteiger partial charge in [-0.2, -0.15) is 0 Å². The minimum absolute atomic E-state index is 0.128. The molecule has 1 atom stereocenters. The highest BCUT2D eigenvalue weighted by atomic mass is 35.5. The standard InChI is InChI=1S/C32H40ClFN4O/c1-5-18-39-24(3)21-38-31-13-10-23(2)19-30(31)36-32(38)22-37-16-14-26(15-17-37)29(35-4)9-7-6-8-25-11-12-27(33)20-28(25)34/h6-7,9-13,19-20,24,26H,4-5,8,14-18,21-22H2,1-3H3/b7-6-,29-9-. The zero-order valence-electron chi connectivity index (χ0n) is 23.4. The molecule has 0 N–H and O–H groups in total. The van der Waals surface area contributed by atoms with E-state index in [9.17, 15) is 4.39 Å². The van der Waals surface area contributed by atoms with Crippen LogP contribution in [-0.4, -0.2) is 47.0 Å². The molecule has 1 aliphatic heterocycles. The number of aliphatic imine (C=N–C) groups is 1. The van der Waals surface area contributed by atoms with E-state index in [1.54, 1.807) is 12.1 Å². The van der Waals surface area contributed by atoms with Crippen molar-refractivity contribution in [3.05, 3.63) is 88.1 Å². The molecule has 2 aromatic carbocycles. The van der Waals surface area contributed by atoms with Gasteiger partial charge < -0.3 is 9.30 Å². The van der Waals surface area contributed by atoms with Gasteiger partial charge in [-0.05, 0) is 101 Å². The summed E-state index contributed by atoms with van der Waals surface area (Å²) in [5, 5.41) is 0.410. The average Bonchev–Trinajstić information content (AvgIpc) is 3.24. The molecule has 1 aliphatic rings. The summed E-state index contributed by atoms with van der Waals surface area (Å²) in [6.45, 7) is 14.5. The van der Waals surface area contributed by atoms with E-state index in [4.69, 9.17) is 21.3 Å². The Kier molecular flexibility index (Phi) is 10.5. The number of nitrogens with zero attached hydrogens (tertiary/aromatic N) is 4. The van der Waals surface area contributed by atoms with E-state index >= 15 is 0 Å². The predicted molar refractivity (Wildman–Crippen MR) is 160 cm³/mol. The van der Waals surface area contributed by atoms with Crippen LogP contribution in [-0.2, 0) is 24.2 Å². The van der Waals surface area contributed by atoms with E-state index in [0.717, 1.165) is 69.1 Å². The largest absolute Gasteiger partial charge is 0.377 e. The van der Waals surface area contributed by atoms with Gasteiger partial charge >= 0.3 is 0 Å². The Morgan fingerprint density at radius 2 is 2.05 bits per heavy atom. The first-order chi connectivity index (χ1) is 18.9. The molecule has 1 unspecified atom stereocenters. The molecule has 0 saturated carbocycles. The summed E-state index contributed by atoms with van der Waals surface area (Å²) in [6.07, 6.45) is 9.60. The second-order valence-electron chi connectivity index (χ2n) is 10.5. The van der Waals surface area contributed by atoms with Crippen molar-refractivity contribution in [2.24, 2.45) is 10.9 Å². The summed E-state index contributed by atoms with van der Waals surface area (Å²) >= 11 is 5.85. The van der Waals surface area contributed by atoms with Crippen LogP contribution >= 0.6 is 11.6 Å². The number of halogens is 2.